The van der Waals surface area contributed by atoms with Crippen molar-refractivity contribution in [3.63, 3.8) is 0 Å². The van der Waals surface area contributed by atoms with Gasteiger partial charge in [0, 0.05) is 37.8 Å². The summed E-state index contributed by atoms with van der Waals surface area (Å²) in [6, 6.07) is 55.3. The van der Waals surface area contributed by atoms with Gasteiger partial charge >= 0.3 is 21.1 Å². The Hall–Kier alpha value is -6.40. The summed E-state index contributed by atoms with van der Waals surface area (Å²) in [7, 11) is -1.43. The van der Waals surface area contributed by atoms with Crippen molar-refractivity contribution >= 4 is 147 Å². The van der Waals surface area contributed by atoms with E-state index in [-0.39, 0.29) is 22.4 Å². The molecule has 12 heteroatoms. The van der Waals surface area contributed by atoms with Gasteiger partial charge in [-0.05, 0) is 167 Å². The lowest BCUT2D eigenvalue weighted by Gasteiger charge is -2.32. The standard InChI is InChI=1S/C30H25BO3.C24H13ClO.C12H24B2O4/c1-29(2)30(3,4)34-31(33-29)24-15-9-14-23-27-25(32-28(23)24)17-16-22-20-12-6-5-10-18(20)19-11-7-8-13-21(19)26(22)27;25-20-11-5-10-19-23-21(26-24(19)20)13-12-18-16-8-2-1-6-14(16)15-7-3-4-9-17(15)22(18)23;1-9(2)10(3,4)16-13(15-9)14-17-11(5,6)12(7,8)18-14/h5-17H,1-4H3;1-13H;1-8H3. The third kappa shape index (κ3) is 7.83. The van der Waals surface area contributed by atoms with Crippen molar-refractivity contribution in [2.24, 2.45) is 0 Å². The first-order valence-electron chi connectivity index (χ1n) is 27.1. The smallest absolute Gasteiger partial charge is 0.456 e. The first-order chi connectivity index (χ1) is 37.1. The average Bonchev–Trinajstić information content (AvgIpc) is 4.05. The van der Waals surface area contributed by atoms with E-state index in [1.807, 2.05) is 67.5 Å². The van der Waals surface area contributed by atoms with E-state index in [0.717, 1.165) is 49.3 Å². The molecule has 3 saturated heterocycles. The molecule has 0 amide bonds. The van der Waals surface area contributed by atoms with Crippen LogP contribution in [0, 0.1) is 0 Å². The Bertz CT molecular complexity index is 4270. The van der Waals surface area contributed by atoms with Crippen molar-refractivity contribution in [2.75, 3.05) is 0 Å². The molecule has 3 aliphatic rings. The molecule has 12 aromatic rings. The molecule has 0 saturated carbocycles. The zero-order chi connectivity index (χ0) is 54.5. The molecule has 390 valence electrons. The van der Waals surface area contributed by atoms with Crippen molar-refractivity contribution in [1.82, 2.24) is 0 Å². The quantitative estimate of drug-likeness (QED) is 0.125. The molecule has 0 unspecified atom stereocenters. The number of fused-ring (bicyclic) bond motifs is 20. The first kappa shape index (κ1) is 51.1. The predicted molar refractivity (Wildman–Crippen MR) is 325 cm³/mol. The minimum absolute atomic E-state index is 0.360. The van der Waals surface area contributed by atoms with Crippen LogP contribution >= 0.6 is 11.6 Å². The molecule has 10 aromatic carbocycles. The number of hydrogen-bond acceptors (Lipinski definition) is 8. The second kappa shape index (κ2) is 17.8. The van der Waals surface area contributed by atoms with Crippen LogP contribution in [0.4, 0.5) is 0 Å². The summed E-state index contributed by atoms with van der Waals surface area (Å²) in [5.41, 5.74) is 2.03. The van der Waals surface area contributed by atoms with Crippen LogP contribution in [0.5, 0.6) is 0 Å². The van der Waals surface area contributed by atoms with E-state index in [0.29, 0.717) is 5.02 Å². The van der Waals surface area contributed by atoms with Gasteiger partial charge in [-0.25, -0.2) is 0 Å². The Balaban J connectivity index is 0.000000117. The molecule has 0 N–H and O–H groups in total. The van der Waals surface area contributed by atoms with Crippen LogP contribution in [0.25, 0.3) is 109 Å². The maximum Gasteiger partial charge on any atom is 0.498 e. The summed E-state index contributed by atoms with van der Waals surface area (Å²) >= 11 is 6.40. The molecule has 0 radical (unpaired) electrons. The van der Waals surface area contributed by atoms with Gasteiger partial charge in [0.1, 0.15) is 16.7 Å². The number of para-hydroxylation sites is 2. The van der Waals surface area contributed by atoms with Crippen LogP contribution in [-0.4, -0.2) is 54.7 Å². The third-order valence-electron chi connectivity index (χ3n) is 18.0. The molecule has 3 aliphatic heterocycles. The molecule has 3 fully saturated rings. The van der Waals surface area contributed by atoms with E-state index in [1.54, 1.807) is 0 Å². The molecule has 0 bridgehead atoms. The van der Waals surface area contributed by atoms with Gasteiger partial charge in [-0.15, -0.1) is 0 Å². The van der Waals surface area contributed by atoms with Crippen molar-refractivity contribution in [2.45, 2.75) is 117 Å². The normalized spacial score (nSPS) is 19.1. The zero-order valence-corrected chi connectivity index (χ0v) is 47.1. The maximum absolute atomic E-state index is 6.54. The highest BCUT2D eigenvalue weighted by Crippen LogP contribution is 2.47. The van der Waals surface area contributed by atoms with Crippen LogP contribution in [0.1, 0.15) is 83.1 Å². The third-order valence-corrected chi connectivity index (χ3v) is 18.3. The van der Waals surface area contributed by atoms with Crippen LogP contribution in [0.15, 0.2) is 167 Å². The summed E-state index contributed by atoms with van der Waals surface area (Å²) < 4.78 is 49.3. The van der Waals surface area contributed by atoms with Crippen LogP contribution in [-0.2, 0) is 27.9 Å². The molecule has 15 rings (SSSR count). The van der Waals surface area contributed by atoms with Gasteiger partial charge < -0.3 is 36.8 Å². The maximum atomic E-state index is 6.54. The Morgan fingerprint density at radius 3 is 0.974 bits per heavy atom. The van der Waals surface area contributed by atoms with E-state index in [2.05, 4.69) is 173 Å². The molecule has 8 nitrogen and oxygen atoms in total. The molecule has 0 atom stereocenters. The number of furan rings is 2. The minimum Gasteiger partial charge on any atom is -0.456 e. The SMILES string of the molecule is CC1(C)OB(B2OC(C)(C)C(C)(C)O2)OC1(C)C.CC1(C)OB(c2cccc3c2oc2ccc4c5ccccc5c5ccccc5c4c23)OC1(C)C.Clc1cccc2c1oc1ccc3c4ccccc4c4ccccc4c3c12. The van der Waals surface area contributed by atoms with E-state index in [9.17, 15) is 0 Å². The van der Waals surface area contributed by atoms with Crippen molar-refractivity contribution in [3.8, 4) is 0 Å². The van der Waals surface area contributed by atoms with Crippen molar-refractivity contribution in [1.29, 1.82) is 0 Å². The van der Waals surface area contributed by atoms with E-state index >= 15 is 0 Å². The monoisotopic (exact) mass is 1050 g/mol. The largest absolute Gasteiger partial charge is 0.498 e. The van der Waals surface area contributed by atoms with Gasteiger partial charge in [0.15, 0.2) is 5.58 Å². The molecule has 0 spiro atoms. The molecule has 78 heavy (non-hydrogen) atoms. The van der Waals surface area contributed by atoms with Gasteiger partial charge in [0.2, 0.25) is 0 Å². The molecular formula is C66H62B3ClO8. The highest BCUT2D eigenvalue weighted by atomic mass is 35.5. The van der Waals surface area contributed by atoms with Crippen LogP contribution < -0.4 is 5.46 Å². The summed E-state index contributed by atoms with van der Waals surface area (Å²) in [5, 5.41) is 20.1. The lowest BCUT2D eigenvalue weighted by Crippen LogP contribution is -2.41. The van der Waals surface area contributed by atoms with E-state index in [1.165, 1.54) is 64.6 Å². The summed E-state index contributed by atoms with van der Waals surface area (Å²) in [5.74, 6) is 0. The first-order valence-corrected chi connectivity index (χ1v) is 27.5. The fourth-order valence-corrected chi connectivity index (χ4v) is 11.9. The van der Waals surface area contributed by atoms with E-state index < -0.39 is 32.3 Å². The minimum atomic E-state index is -0.476. The lowest BCUT2D eigenvalue weighted by molar-refractivity contribution is 0.00578. The van der Waals surface area contributed by atoms with Gasteiger partial charge in [-0.3, -0.25) is 0 Å². The lowest BCUT2D eigenvalue weighted by atomic mass is 9.49. The Kier molecular flexibility index (Phi) is 11.7. The molecule has 0 aliphatic carbocycles. The fourth-order valence-electron chi connectivity index (χ4n) is 11.7. The second-order valence-corrected chi connectivity index (χ2v) is 24.7. The zero-order valence-electron chi connectivity index (χ0n) is 46.4. The van der Waals surface area contributed by atoms with Crippen LogP contribution in [0.3, 0.4) is 0 Å². The average molecular weight is 1050 g/mol. The van der Waals surface area contributed by atoms with Gasteiger partial charge in [0.05, 0.1) is 38.6 Å². The summed E-state index contributed by atoms with van der Waals surface area (Å²) in [4.78, 5) is 0. The van der Waals surface area contributed by atoms with Crippen LogP contribution in [0.2, 0.25) is 5.02 Å². The second-order valence-electron chi connectivity index (χ2n) is 24.3. The van der Waals surface area contributed by atoms with Crippen molar-refractivity contribution in [3.05, 3.63) is 163 Å². The number of hydrogen-bond donors (Lipinski definition) is 0. The Morgan fingerprint density at radius 2 is 0.577 bits per heavy atom. The molecular weight excluding hydrogens is 989 g/mol. The van der Waals surface area contributed by atoms with Gasteiger partial charge in [-0.2, -0.15) is 0 Å². The molecule has 5 heterocycles. The van der Waals surface area contributed by atoms with E-state index in [4.69, 9.17) is 48.4 Å². The summed E-state index contributed by atoms with van der Waals surface area (Å²) in [6.45, 7) is 24.5. The highest BCUT2D eigenvalue weighted by Gasteiger charge is 2.64. The highest BCUT2D eigenvalue weighted by molar-refractivity contribution is 7.11. The number of benzene rings is 10. The fraction of sp³-hybridized carbons (Fsp3) is 0.273. The predicted octanol–water partition coefficient (Wildman–Crippen LogP) is 17.3. The molecule has 2 aromatic heterocycles. The number of halogens is 1. The number of rotatable bonds is 2. The van der Waals surface area contributed by atoms with Gasteiger partial charge in [0.25, 0.3) is 0 Å². The Morgan fingerprint density at radius 1 is 0.282 bits per heavy atom. The van der Waals surface area contributed by atoms with Gasteiger partial charge in [-0.1, -0.05) is 139 Å². The summed E-state index contributed by atoms with van der Waals surface area (Å²) in [6.07, 6.45) is 0. The Labute approximate surface area is 460 Å². The topological polar surface area (TPSA) is 81.7 Å². The van der Waals surface area contributed by atoms with Crippen molar-refractivity contribution < 1.29 is 36.8 Å².